The van der Waals surface area contributed by atoms with E-state index in [1.165, 1.54) is 32.4 Å². The number of hydrogen-bond donors (Lipinski definition) is 2. The monoisotopic (exact) mass is 308 g/mol. The lowest BCUT2D eigenvalue weighted by molar-refractivity contribution is 0.235. The summed E-state index contributed by atoms with van der Waals surface area (Å²) in [5.41, 5.74) is 0. The highest BCUT2D eigenvalue weighted by Gasteiger charge is 2.09. The van der Waals surface area contributed by atoms with Gasteiger partial charge in [0.25, 0.3) is 0 Å². The highest BCUT2D eigenvalue weighted by molar-refractivity contribution is 5.79. The molecule has 22 heavy (non-hydrogen) atoms. The number of aromatic nitrogens is 2. The number of piperidine rings is 1. The van der Waals surface area contributed by atoms with E-state index in [-0.39, 0.29) is 0 Å². The van der Waals surface area contributed by atoms with Gasteiger partial charge in [0.1, 0.15) is 0 Å². The maximum atomic E-state index is 5.10. The standard InChI is InChI=1S/C15H28N6O/c1-3-16-15(17-8-7-14-19-13(2)20-22-14)18-9-12-21-10-5-4-6-11-21/h3-12H2,1-2H3,(H2,16,17,18). The topological polar surface area (TPSA) is 78.6 Å². The quantitative estimate of drug-likeness (QED) is 0.577. The lowest BCUT2D eigenvalue weighted by atomic mass is 10.1. The predicted molar refractivity (Wildman–Crippen MR) is 87.0 cm³/mol. The number of hydrogen-bond acceptors (Lipinski definition) is 5. The van der Waals surface area contributed by atoms with E-state index in [0.29, 0.717) is 18.1 Å². The van der Waals surface area contributed by atoms with Crippen molar-refractivity contribution in [2.45, 2.75) is 39.5 Å². The van der Waals surface area contributed by atoms with Gasteiger partial charge < -0.3 is 20.1 Å². The molecule has 0 bridgehead atoms. The number of guanidine groups is 1. The Kier molecular flexibility index (Phi) is 7.15. The van der Waals surface area contributed by atoms with Gasteiger partial charge in [0, 0.05) is 26.1 Å². The highest BCUT2D eigenvalue weighted by Crippen LogP contribution is 2.07. The normalized spacial score (nSPS) is 16.7. The molecule has 2 rings (SSSR count). The zero-order valence-electron chi connectivity index (χ0n) is 13.8. The Morgan fingerprint density at radius 1 is 1.27 bits per heavy atom. The first-order valence-electron chi connectivity index (χ1n) is 8.31. The van der Waals surface area contributed by atoms with Crippen molar-refractivity contribution in [3.8, 4) is 0 Å². The SMILES string of the molecule is CCNC(=NCCN1CCCCC1)NCCc1nc(C)no1. The summed E-state index contributed by atoms with van der Waals surface area (Å²) >= 11 is 0. The molecule has 7 heteroatoms. The molecule has 0 unspecified atom stereocenters. The van der Waals surface area contributed by atoms with Gasteiger partial charge in [-0.15, -0.1) is 0 Å². The largest absolute Gasteiger partial charge is 0.357 e. The fourth-order valence-electron chi connectivity index (χ4n) is 2.56. The Hall–Kier alpha value is -1.63. The maximum absolute atomic E-state index is 5.10. The Balaban J connectivity index is 1.69. The van der Waals surface area contributed by atoms with Gasteiger partial charge in [-0.2, -0.15) is 4.98 Å². The Labute approximate surface area is 132 Å². The molecule has 0 atom stereocenters. The van der Waals surface area contributed by atoms with E-state index < -0.39 is 0 Å². The molecule has 124 valence electrons. The van der Waals surface area contributed by atoms with E-state index in [9.17, 15) is 0 Å². The molecule has 0 aromatic carbocycles. The van der Waals surface area contributed by atoms with Crippen LogP contribution in [0.5, 0.6) is 0 Å². The number of nitrogens with zero attached hydrogens (tertiary/aromatic N) is 4. The number of aliphatic imine (C=N–C) groups is 1. The number of nitrogens with one attached hydrogen (secondary N) is 2. The van der Waals surface area contributed by atoms with Crippen molar-refractivity contribution in [3.63, 3.8) is 0 Å². The summed E-state index contributed by atoms with van der Waals surface area (Å²) in [6.45, 7) is 9.79. The van der Waals surface area contributed by atoms with Crippen LogP contribution in [0.15, 0.2) is 9.52 Å². The number of likely N-dealkylation sites (tertiary alicyclic amines) is 1. The van der Waals surface area contributed by atoms with Crippen molar-refractivity contribution in [2.24, 2.45) is 4.99 Å². The fourth-order valence-corrected chi connectivity index (χ4v) is 2.56. The molecule has 0 radical (unpaired) electrons. The average Bonchev–Trinajstić information content (AvgIpc) is 2.94. The van der Waals surface area contributed by atoms with Crippen molar-refractivity contribution < 1.29 is 4.52 Å². The smallest absolute Gasteiger partial charge is 0.228 e. The maximum Gasteiger partial charge on any atom is 0.228 e. The Bertz CT molecular complexity index is 453. The summed E-state index contributed by atoms with van der Waals surface area (Å²) in [4.78, 5) is 11.3. The van der Waals surface area contributed by atoms with E-state index in [0.717, 1.165) is 32.1 Å². The second kappa shape index (κ2) is 9.40. The van der Waals surface area contributed by atoms with Crippen LogP contribution in [0.1, 0.15) is 37.9 Å². The summed E-state index contributed by atoms with van der Waals surface area (Å²) < 4.78 is 5.10. The fraction of sp³-hybridized carbons (Fsp3) is 0.800. The highest BCUT2D eigenvalue weighted by atomic mass is 16.5. The van der Waals surface area contributed by atoms with E-state index in [1.54, 1.807) is 0 Å². The number of aryl methyl sites for hydroxylation is 1. The van der Waals surface area contributed by atoms with Gasteiger partial charge >= 0.3 is 0 Å². The molecule has 1 aromatic rings. The van der Waals surface area contributed by atoms with E-state index in [2.05, 4.69) is 37.6 Å². The molecule has 0 amide bonds. The molecule has 0 spiro atoms. The Morgan fingerprint density at radius 2 is 2.09 bits per heavy atom. The first-order valence-corrected chi connectivity index (χ1v) is 8.31. The third-order valence-electron chi connectivity index (χ3n) is 3.68. The zero-order chi connectivity index (χ0) is 15.6. The Morgan fingerprint density at radius 3 is 2.77 bits per heavy atom. The van der Waals surface area contributed by atoms with Crippen molar-refractivity contribution in [3.05, 3.63) is 11.7 Å². The molecule has 1 aliphatic rings. The van der Waals surface area contributed by atoms with Crippen molar-refractivity contribution >= 4 is 5.96 Å². The minimum Gasteiger partial charge on any atom is -0.357 e. The zero-order valence-corrected chi connectivity index (χ0v) is 13.8. The van der Waals surface area contributed by atoms with E-state index in [1.807, 2.05) is 6.92 Å². The first-order chi connectivity index (χ1) is 10.8. The van der Waals surface area contributed by atoms with Gasteiger partial charge in [0.2, 0.25) is 5.89 Å². The lowest BCUT2D eigenvalue weighted by Crippen LogP contribution is -2.39. The van der Waals surface area contributed by atoms with Crippen LogP contribution in [0.25, 0.3) is 0 Å². The first kappa shape index (κ1) is 16.7. The van der Waals surface area contributed by atoms with Crippen LogP contribution in [-0.2, 0) is 6.42 Å². The third kappa shape index (κ3) is 6.01. The van der Waals surface area contributed by atoms with Gasteiger partial charge in [0.05, 0.1) is 6.54 Å². The molecule has 2 N–H and O–H groups in total. The predicted octanol–water partition coefficient (Wildman–Crippen LogP) is 0.962. The van der Waals surface area contributed by atoms with Crippen LogP contribution in [0, 0.1) is 6.92 Å². The second-order valence-corrected chi connectivity index (χ2v) is 5.58. The average molecular weight is 308 g/mol. The lowest BCUT2D eigenvalue weighted by Gasteiger charge is -2.25. The minimum absolute atomic E-state index is 0.661. The van der Waals surface area contributed by atoms with E-state index in [4.69, 9.17) is 4.52 Å². The summed E-state index contributed by atoms with van der Waals surface area (Å²) in [6, 6.07) is 0. The van der Waals surface area contributed by atoms with Gasteiger partial charge in [-0.1, -0.05) is 11.6 Å². The molecule has 1 aliphatic heterocycles. The van der Waals surface area contributed by atoms with Crippen LogP contribution < -0.4 is 10.6 Å². The number of rotatable bonds is 7. The summed E-state index contributed by atoms with van der Waals surface area (Å²) in [5.74, 6) is 2.20. The second-order valence-electron chi connectivity index (χ2n) is 5.58. The molecule has 1 saturated heterocycles. The summed E-state index contributed by atoms with van der Waals surface area (Å²) in [5, 5.41) is 10.4. The molecule has 7 nitrogen and oxygen atoms in total. The van der Waals surface area contributed by atoms with Crippen molar-refractivity contribution in [2.75, 3.05) is 39.3 Å². The summed E-state index contributed by atoms with van der Waals surface area (Å²) in [7, 11) is 0. The van der Waals surface area contributed by atoms with Gasteiger partial charge in [-0.05, 0) is 39.8 Å². The molecule has 1 aromatic heterocycles. The third-order valence-corrected chi connectivity index (χ3v) is 3.68. The van der Waals surface area contributed by atoms with Crippen LogP contribution in [0.2, 0.25) is 0 Å². The van der Waals surface area contributed by atoms with Gasteiger partial charge in [-0.25, -0.2) is 0 Å². The van der Waals surface area contributed by atoms with Crippen LogP contribution in [0.3, 0.4) is 0 Å². The van der Waals surface area contributed by atoms with Crippen molar-refractivity contribution in [1.82, 2.24) is 25.7 Å². The van der Waals surface area contributed by atoms with Crippen LogP contribution >= 0.6 is 0 Å². The molecule has 0 aliphatic carbocycles. The molecule has 1 fully saturated rings. The molecule has 2 heterocycles. The van der Waals surface area contributed by atoms with Crippen molar-refractivity contribution in [1.29, 1.82) is 0 Å². The van der Waals surface area contributed by atoms with E-state index >= 15 is 0 Å². The molecule has 0 saturated carbocycles. The van der Waals surface area contributed by atoms with Crippen LogP contribution in [0.4, 0.5) is 0 Å². The summed E-state index contributed by atoms with van der Waals surface area (Å²) in [6.07, 6.45) is 4.73. The minimum atomic E-state index is 0.661. The van der Waals surface area contributed by atoms with Gasteiger partial charge in [-0.3, -0.25) is 4.99 Å². The van der Waals surface area contributed by atoms with Gasteiger partial charge in [0.15, 0.2) is 11.8 Å². The molecular weight excluding hydrogens is 280 g/mol. The molecular formula is C15H28N6O. The van der Waals surface area contributed by atoms with Crippen LogP contribution in [-0.4, -0.2) is 60.3 Å².